The summed E-state index contributed by atoms with van der Waals surface area (Å²) in [5, 5.41) is 13.6. The van der Waals surface area contributed by atoms with Crippen molar-refractivity contribution in [1.29, 1.82) is 0 Å². The lowest BCUT2D eigenvalue weighted by Crippen LogP contribution is -1.99. The number of nitrogens with zero attached hydrogens (tertiary/aromatic N) is 3. The zero-order valence-electron chi connectivity index (χ0n) is 10.7. The number of pyridine rings is 1. The Balaban J connectivity index is 2.08. The molecule has 0 radical (unpaired) electrons. The molecule has 0 aliphatic heterocycles. The van der Waals surface area contributed by atoms with Gasteiger partial charge in [0.25, 0.3) is 0 Å². The third kappa shape index (κ3) is 2.87. The van der Waals surface area contributed by atoms with Gasteiger partial charge in [0.1, 0.15) is 0 Å². The predicted octanol–water partition coefficient (Wildman–Crippen LogP) is 2.70. The summed E-state index contributed by atoms with van der Waals surface area (Å²) in [5.74, 6) is 1.14. The van der Waals surface area contributed by atoms with Gasteiger partial charge < -0.3 is 9.84 Å². The van der Waals surface area contributed by atoms with Crippen molar-refractivity contribution in [3.05, 3.63) is 36.3 Å². The third-order valence-corrected chi connectivity index (χ3v) is 2.57. The molecule has 0 aromatic carbocycles. The molecule has 2 aromatic rings. The molecule has 0 fully saturated rings. The van der Waals surface area contributed by atoms with Crippen LogP contribution in [0, 0.1) is 0 Å². The number of aromatic nitrogens is 3. The summed E-state index contributed by atoms with van der Waals surface area (Å²) in [7, 11) is 0. The maximum absolute atomic E-state index is 9.37. The van der Waals surface area contributed by atoms with Crippen molar-refractivity contribution < 1.29 is 9.84 Å². The van der Waals surface area contributed by atoms with E-state index in [2.05, 4.69) is 10.1 Å². The lowest BCUT2D eigenvalue weighted by Gasteiger charge is -2.06. The van der Waals surface area contributed by atoms with Crippen LogP contribution in [0.1, 0.15) is 38.5 Å². The van der Waals surface area contributed by atoms with E-state index in [1.54, 1.807) is 31.5 Å². The molecule has 96 valence electrons. The molecule has 18 heavy (non-hydrogen) atoms. The molecule has 0 saturated heterocycles. The maximum Gasteiger partial charge on any atom is 0.219 e. The molecule has 0 bridgehead atoms. The Morgan fingerprint density at radius 1 is 1.22 bits per heavy atom. The van der Waals surface area contributed by atoms with Gasteiger partial charge in [0.05, 0.1) is 18.5 Å². The minimum atomic E-state index is -0.518. The van der Waals surface area contributed by atoms with E-state index in [1.807, 2.05) is 24.7 Å². The molecular weight excluding hydrogens is 230 g/mol. The Morgan fingerprint density at radius 3 is 2.50 bits per heavy atom. The highest BCUT2D eigenvalue weighted by molar-refractivity contribution is 5.24. The summed E-state index contributed by atoms with van der Waals surface area (Å²) in [6.45, 7) is 5.79. The van der Waals surface area contributed by atoms with Crippen LogP contribution >= 0.6 is 0 Å². The second kappa shape index (κ2) is 5.18. The Labute approximate surface area is 106 Å². The van der Waals surface area contributed by atoms with Crippen LogP contribution in [0.15, 0.2) is 30.7 Å². The molecule has 2 heterocycles. The quantitative estimate of drug-likeness (QED) is 0.902. The molecule has 0 spiro atoms. The fraction of sp³-hybridized carbons (Fsp3) is 0.385. The van der Waals surface area contributed by atoms with E-state index in [9.17, 15) is 5.11 Å². The summed E-state index contributed by atoms with van der Waals surface area (Å²) < 4.78 is 7.39. The summed E-state index contributed by atoms with van der Waals surface area (Å²) in [5.41, 5.74) is 0.764. The number of rotatable bonds is 4. The smallest absolute Gasteiger partial charge is 0.219 e. The van der Waals surface area contributed by atoms with E-state index in [1.165, 1.54) is 0 Å². The van der Waals surface area contributed by atoms with Crippen molar-refractivity contribution in [2.24, 2.45) is 0 Å². The van der Waals surface area contributed by atoms with Gasteiger partial charge in [0.15, 0.2) is 5.75 Å². The van der Waals surface area contributed by atoms with E-state index < -0.39 is 6.10 Å². The first-order valence-corrected chi connectivity index (χ1v) is 5.92. The van der Waals surface area contributed by atoms with Crippen molar-refractivity contribution in [3.8, 4) is 11.6 Å². The average molecular weight is 247 g/mol. The van der Waals surface area contributed by atoms with Gasteiger partial charge in [0.2, 0.25) is 5.88 Å². The van der Waals surface area contributed by atoms with Gasteiger partial charge >= 0.3 is 0 Å². The van der Waals surface area contributed by atoms with Gasteiger partial charge in [-0.15, -0.1) is 0 Å². The highest BCUT2D eigenvalue weighted by Gasteiger charge is 2.06. The number of ether oxygens (including phenoxy) is 1. The topological polar surface area (TPSA) is 60.2 Å². The van der Waals surface area contributed by atoms with E-state index in [-0.39, 0.29) is 0 Å². The first kappa shape index (κ1) is 12.6. The zero-order valence-corrected chi connectivity index (χ0v) is 10.7. The van der Waals surface area contributed by atoms with Crippen LogP contribution < -0.4 is 4.74 Å². The molecule has 0 amide bonds. The van der Waals surface area contributed by atoms with Gasteiger partial charge in [0, 0.05) is 18.3 Å². The van der Waals surface area contributed by atoms with E-state index in [4.69, 9.17) is 4.74 Å². The first-order valence-electron chi connectivity index (χ1n) is 5.92. The predicted molar refractivity (Wildman–Crippen MR) is 67.6 cm³/mol. The van der Waals surface area contributed by atoms with Crippen LogP contribution in [0.3, 0.4) is 0 Å². The monoisotopic (exact) mass is 247 g/mol. The maximum atomic E-state index is 9.37. The van der Waals surface area contributed by atoms with E-state index >= 15 is 0 Å². The summed E-state index contributed by atoms with van der Waals surface area (Å²) in [6.07, 6.45) is 4.57. The number of aliphatic hydroxyl groups is 1. The zero-order chi connectivity index (χ0) is 13.1. The largest absolute Gasteiger partial charge is 0.436 e. The second-order valence-electron chi connectivity index (χ2n) is 4.46. The molecule has 0 unspecified atom stereocenters. The van der Waals surface area contributed by atoms with Crippen LogP contribution in [0.2, 0.25) is 0 Å². The van der Waals surface area contributed by atoms with Gasteiger partial charge in [-0.2, -0.15) is 5.10 Å². The number of hydrogen-bond donors (Lipinski definition) is 1. The fourth-order valence-corrected chi connectivity index (χ4v) is 1.48. The second-order valence-corrected chi connectivity index (χ2v) is 4.46. The van der Waals surface area contributed by atoms with E-state index in [0.29, 0.717) is 17.7 Å². The lowest BCUT2D eigenvalue weighted by atomic mass is 10.2. The summed E-state index contributed by atoms with van der Waals surface area (Å²) >= 11 is 0. The highest BCUT2D eigenvalue weighted by atomic mass is 16.5. The van der Waals surface area contributed by atoms with Crippen molar-refractivity contribution in [2.45, 2.75) is 32.9 Å². The van der Waals surface area contributed by atoms with Gasteiger partial charge in [-0.3, -0.25) is 4.68 Å². The molecule has 0 saturated carbocycles. The van der Waals surface area contributed by atoms with Gasteiger partial charge in [-0.1, -0.05) is 0 Å². The minimum absolute atomic E-state index is 0.299. The molecule has 0 aliphatic rings. The van der Waals surface area contributed by atoms with Gasteiger partial charge in [-0.25, -0.2) is 4.98 Å². The van der Waals surface area contributed by atoms with Crippen molar-refractivity contribution in [3.63, 3.8) is 0 Å². The van der Waals surface area contributed by atoms with Gasteiger partial charge in [-0.05, 0) is 32.4 Å². The molecule has 0 aliphatic carbocycles. The van der Waals surface area contributed by atoms with Crippen LogP contribution in [0.5, 0.6) is 11.6 Å². The van der Waals surface area contributed by atoms with Crippen LogP contribution in [0.4, 0.5) is 0 Å². The Morgan fingerprint density at radius 2 is 2.00 bits per heavy atom. The standard InChI is InChI=1S/C13H17N3O2/c1-9(2)16-8-12(7-15-16)18-13-5-4-11(6-14-13)10(3)17/h4-10,17H,1-3H3/t10-/m1/s1. The molecule has 2 rings (SSSR count). The Kier molecular flexibility index (Phi) is 3.62. The molecule has 2 aromatic heterocycles. The van der Waals surface area contributed by atoms with Crippen LogP contribution in [-0.4, -0.2) is 19.9 Å². The van der Waals surface area contributed by atoms with Crippen molar-refractivity contribution in [1.82, 2.24) is 14.8 Å². The fourth-order valence-electron chi connectivity index (χ4n) is 1.48. The Hall–Kier alpha value is -1.88. The van der Waals surface area contributed by atoms with Crippen LogP contribution in [0.25, 0.3) is 0 Å². The SMILES string of the molecule is CC(C)n1cc(Oc2ccc([C@@H](C)O)cn2)cn1. The first-order chi connectivity index (χ1) is 8.56. The molecule has 5 heteroatoms. The normalized spacial score (nSPS) is 12.7. The molecule has 1 atom stereocenters. The van der Waals surface area contributed by atoms with Crippen LogP contribution in [-0.2, 0) is 0 Å². The number of aliphatic hydroxyl groups excluding tert-OH is 1. The Bertz CT molecular complexity index is 503. The minimum Gasteiger partial charge on any atom is -0.436 e. The third-order valence-electron chi connectivity index (χ3n) is 2.57. The van der Waals surface area contributed by atoms with E-state index in [0.717, 1.165) is 5.56 Å². The molecule has 1 N–H and O–H groups in total. The molecule has 5 nitrogen and oxygen atoms in total. The van der Waals surface area contributed by atoms with Crippen molar-refractivity contribution >= 4 is 0 Å². The summed E-state index contributed by atoms with van der Waals surface area (Å²) in [4.78, 5) is 4.13. The summed E-state index contributed by atoms with van der Waals surface area (Å²) in [6, 6.07) is 3.82. The number of hydrogen-bond acceptors (Lipinski definition) is 4. The average Bonchev–Trinajstić information content (AvgIpc) is 2.78. The molecular formula is C13H17N3O2. The highest BCUT2D eigenvalue weighted by Crippen LogP contribution is 2.21. The lowest BCUT2D eigenvalue weighted by molar-refractivity contribution is 0.198. The van der Waals surface area contributed by atoms with Crippen molar-refractivity contribution in [2.75, 3.05) is 0 Å².